The summed E-state index contributed by atoms with van der Waals surface area (Å²) < 4.78 is 33.7. The van der Waals surface area contributed by atoms with Crippen molar-refractivity contribution in [3.05, 3.63) is 23.3 Å². The Morgan fingerprint density at radius 2 is 1.81 bits per heavy atom. The van der Waals surface area contributed by atoms with Crippen molar-refractivity contribution in [3.63, 3.8) is 0 Å². The number of aryl methyl sites for hydroxylation is 2. The number of benzene rings is 1. The van der Waals surface area contributed by atoms with E-state index >= 15 is 0 Å². The maximum atomic E-state index is 12.8. The largest absolute Gasteiger partial charge is 0.497 e. The minimum Gasteiger partial charge on any atom is -0.497 e. The molecule has 116 valence electrons. The van der Waals surface area contributed by atoms with E-state index in [0.29, 0.717) is 16.6 Å². The lowest BCUT2D eigenvalue weighted by molar-refractivity contribution is 0.390. The first-order chi connectivity index (χ1) is 9.90. The van der Waals surface area contributed by atoms with Gasteiger partial charge in [0.15, 0.2) is 0 Å². The molecule has 1 N–H and O–H groups in total. The smallest absolute Gasteiger partial charge is 0.241 e. The van der Waals surface area contributed by atoms with Crippen LogP contribution < -0.4 is 9.46 Å². The van der Waals surface area contributed by atoms with Gasteiger partial charge in [0, 0.05) is 6.04 Å². The summed E-state index contributed by atoms with van der Waals surface area (Å²) in [5.41, 5.74) is 1.48. The first-order valence-corrected chi connectivity index (χ1v) is 9.06. The van der Waals surface area contributed by atoms with Crippen LogP contribution >= 0.6 is 0 Å². The van der Waals surface area contributed by atoms with E-state index in [-0.39, 0.29) is 6.04 Å². The van der Waals surface area contributed by atoms with Crippen LogP contribution in [-0.2, 0) is 10.0 Å². The average molecular weight is 309 g/mol. The summed E-state index contributed by atoms with van der Waals surface area (Å²) in [5.74, 6) is 1.95. The van der Waals surface area contributed by atoms with E-state index in [0.717, 1.165) is 23.5 Å². The number of hydrogen-bond acceptors (Lipinski definition) is 3. The summed E-state index contributed by atoms with van der Waals surface area (Å²) >= 11 is 0. The van der Waals surface area contributed by atoms with Crippen molar-refractivity contribution in [1.29, 1.82) is 0 Å². The Morgan fingerprint density at radius 1 is 1.14 bits per heavy atom. The molecule has 2 fully saturated rings. The Kier molecular flexibility index (Phi) is 3.74. The van der Waals surface area contributed by atoms with Gasteiger partial charge in [-0.05, 0) is 68.2 Å². The van der Waals surface area contributed by atoms with Gasteiger partial charge in [0.2, 0.25) is 10.0 Å². The number of fused-ring (bicyclic) bond motifs is 2. The van der Waals surface area contributed by atoms with E-state index in [4.69, 9.17) is 4.74 Å². The van der Waals surface area contributed by atoms with Crippen LogP contribution in [0.4, 0.5) is 0 Å². The Hall–Kier alpha value is -1.07. The summed E-state index contributed by atoms with van der Waals surface area (Å²) in [6, 6.07) is 3.68. The molecule has 0 radical (unpaired) electrons. The second-order valence-electron chi connectivity index (χ2n) is 6.49. The maximum absolute atomic E-state index is 12.8. The SMILES string of the molecule is COc1cc(C)c(S(=O)(=O)N[C@H]2C[C@H]3CC[C@@H]2C3)c(C)c1. The van der Waals surface area contributed by atoms with E-state index < -0.39 is 10.0 Å². The summed E-state index contributed by atoms with van der Waals surface area (Å²) in [7, 11) is -1.86. The monoisotopic (exact) mass is 309 g/mol. The van der Waals surface area contributed by atoms with E-state index in [1.165, 1.54) is 19.3 Å². The highest BCUT2D eigenvalue weighted by Gasteiger charge is 2.41. The molecular weight excluding hydrogens is 286 g/mol. The Labute approximate surface area is 126 Å². The molecule has 2 aliphatic carbocycles. The van der Waals surface area contributed by atoms with Crippen LogP contribution in [0, 0.1) is 25.7 Å². The fourth-order valence-corrected chi connectivity index (χ4v) is 5.87. The lowest BCUT2D eigenvalue weighted by Gasteiger charge is -2.24. The molecule has 0 aromatic heterocycles. The van der Waals surface area contributed by atoms with Crippen LogP contribution in [0.3, 0.4) is 0 Å². The van der Waals surface area contributed by atoms with E-state index in [1.54, 1.807) is 19.2 Å². The number of methoxy groups -OCH3 is 1. The first kappa shape index (κ1) is 14.9. The van der Waals surface area contributed by atoms with Crippen molar-refractivity contribution in [3.8, 4) is 5.75 Å². The summed E-state index contributed by atoms with van der Waals surface area (Å²) in [6.07, 6.45) is 4.62. The molecule has 2 saturated carbocycles. The third-order valence-electron chi connectivity index (χ3n) is 4.98. The molecule has 3 atom stereocenters. The molecule has 1 aromatic rings. The molecule has 0 amide bonds. The van der Waals surface area contributed by atoms with Crippen LogP contribution in [0.2, 0.25) is 0 Å². The number of nitrogens with one attached hydrogen (secondary N) is 1. The number of rotatable bonds is 4. The number of sulfonamides is 1. The lowest BCUT2D eigenvalue weighted by Crippen LogP contribution is -2.38. The summed E-state index contributed by atoms with van der Waals surface area (Å²) in [6.45, 7) is 3.65. The van der Waals surface area contributed by atoms with Crippen molar-refractivity contribution in [2.75, 3.05) is 7.11 Å². The summed E-state index contributed by atoms with van der Waals surface area (Å²) in [4.78, 5) is 0.408. The molecule has 5 heteroatoms. The van der Waals surface area contributed by atoms with Gasteiger partial charge in [-0.15, -0.1) is 0 Å². The van der Waals surface area contributed by atoms with Crippen LogP contribution in [0.15, 0.2) is 17.0 Å². The van der Waals surface area contributed by atoms with Crippen molar-refractivity contribution in [1.82, 2.24) is 4.72 Å². The van der Waals surface area contributed by atoms with Crippen molar-refractivity contribution < 1.29 is 13.2 Å². The Bertz CT molecular complexity index is 630. The molecule has 21 heavy (non-hydrogen) atoms. The highest BCUT2D eigenvalue weighted by Crippen LogP contribution is 2.45. The molecular formula is C16H23NO3S. The minimum absolute atomic E-state index is 0.120. The van der Waals surface area contributed by atoms with E-state index in [1.807, 2.05) is 13.8 Å². The molecule has 1 aromatic carbocycles. The first-order valence-electron chi connectivity index (χ1n) is 7.58. The molecule has 0 spiro atoms. The predicted octanol–water partition coefficient (Wildman–Crippen LogP) is 2.78. The van der Waals surface area contributed by atoms with Crippen LogP contribution in [0.1, 0.15) is 36.8 Å². The van der Waals surface area contributed by atoms with Gasteiger partial charge in [-0.3, -0.25) is 0 Å². The number of hydrogen-bond donors (Lipinski definition) is 1. The van der Waals surface area contributed by atoms with Gasteiger partial charge >= 0.3 is 0 Å². The van der Waals surface area contributed by atoms with Gasteiger partial charge in [-0.25, -0.2) is 13.1 Å². The second-order valence-corrected chi connectivity index (χ2v) is 8.14. The molecule has 2 bridgehead atoms. The quantitative estimate of drug-likeness (QED) is 0.930. The maximum Gasteiger partial charge on any atom is 0.241 e. The average Bonchev–Trinajstić information content (AvgIpc) is 2.98. The third-order valence-corrected chi connectivity index (χ3v) is 6.78. The van der Waals surface area contributed by atoms with Gasteiger partial charge in [0.1, 0.15) is 5.75 Å². The Morgan fingerprint density at radius 3 is 2.29 bits per heavy atom. The fraction of sp³-hybridized carbons (Fsp3) is 0.625. The zero-order valence-corrected chi connectivity index (χ0v) is 13.7. The standard InChI is InChI=1S/C16H23NO3S/c1-10-6-14(20-3)7-11(2)16(10)21(18,19)17-15-9-12-4-5-13(15)8-12/h6-7,12-13,15,17H,4-5,8-9H2,1-3H3/t12-,13+,15-/m0/s1. The Balaban J connectivity index is 1.88. The fourth-order valence-electron chi connectivity index (χ4n) is 4.10. The van der Waals surface area contributed by atoms with Gasteiger partial charge in [-0.1, -0.05) is 6.42 Å². The highest BCUT2D eigenvalue weighted by atomic mass is 32.2. The van der Waals surface area contributed by atoms with E-state index in [9.17, 15) is 8.42 Å². The lowest BCUT2D eigenvalue weighted by atomic mass is 9.96. The van der Waals surface area contributed by atoms with Crippen molar-refractivity contribution in [2.24, 2.45) is 11.8 Å². The predicted molar refractivity (Wildman–Crippen MR) is 82.0 cm³/mol. The normalized spacial score (nSPS) is 28.0. The molecule has 3 rings (SSSR count). The molecule has 4 nitrogen and oxygen atoms in total. The van der Waals surface area contributed by atoms with E-state index in [2.05, 4.69) is 4.72 Å². The van der Waals surface area contributed by atoms with Gasteiger partial charge in [0.25, 0.3) is 0 Å². The van der Waals surface area contributed by atoms with Crippen LogP contribution in [0.5, 0.6) is 5.75 Å². The molecule has 2 aliphatic rings. The van der Waals surface area contributed by atoms with Gasteiger partial charge < -0.3 is 4.74 Å². The third kappa shape index (κ3) is 2.69. The molecule has 0 heterocycles. The highest BCUT2D eigenvalue weighted by molar-refractivity contribution is 7.89. The zero-order valence-electron chi connectivity index (χ0n) is 12.8. The van der Waals surface area contributed by atoms with Crippen molar-refractivity contribution in [2.45, 2.75) is 50.5 Å². The molecule has 0 unspecified atom stereocenters. The number of ether oxygens (including phenoxy) is 1. The zero-order chi connectivity index (χ0) is 15.2. The van der Waals surface area contributed by atoms with Crippen LogP contribution in [-0.4, -0.2) is 21.6 Å². The van der Waals surface area contributed by atoms with Crippen LogP contribution in [0.25, 0.3) is 0 Å². The van der Waals surface area contributed by atoms with Gasteiger partial charge in [-0.2, -0.15) is 0 Å². The topological polar surface area (TPSA) is 55.4 Å². The minimum atomic E-state index is -3.46. The molecule has 0 aliphatic heterocycles. The molecule has 0 saturated heterocycles. The summed E-state index contributed by atoms with van der Waals surface area (Å²) in [5, 5.41) is 0. The van der Waals surface area contributed by atoms with Gasteiger partial charge in [0.05, 0.1) is 12.0 Å². The second kappa shape index (κ2) is 5.29. The van der Waals surface area contributed by atoms with Crippen molar-refractivity contribution >= 4 is 10.0 Å².